The van der Waals surface area contributed by atoms with Crippen molar-refractivity contribution in [1.82, 2.24) is 15.1 Å². The minimum Gasteiger partial charge on any atom is -0.350 e. The summed E-state index contributed by atoms with van der Waals surface area (Å²) >= 11 is 0. The molecule has 0 aliphatic rings. The third-order valence-electron chi connectivity index (χ3n) is 3.19. The predicted octanol–water partition coefficient (Wildman–Crippen LogP) is 2.19. The van der Waals surface area contributed by atoms with Gasteiger partial charge in [0.15, 0.2) is 5.69 Å². The molecule has 1 aromatic carbocycles. The van der Waals surface area contributed by atoms with Gasteiger partial charge in [-0.1, -0.05) is 39.0 Å². The molecular formula is C16H21N3O2. The van der Waals surface area contributed by atoms with Crippen LogP contribution in [-0.2, 0) is 6.54 Å². The summed E-state index contributed by atoms with van der Waals surface area (Å²) in [6.07, 6.45) is 0.790. The van der Waals surface area contributed by atoms with Crippen molar-refractivity contribution in [3.8, 4) is 0 Å². The van der Waals surface area contributed by atoms with Gasteiger partial charge in [-0.25, -0.2) is 4.68 Å². The van der Waals surface area contributed by atoms with Gasteiger partial charge in [-0.15, -0.1) is 0 Å². The third-order valence-corrected chi connectivity index (χ3v) is 3.19. The standard InChI is InChI=1S/C16H21N3O2/c1-4-9-19-16(21)13-8-6-5-7-12(13)14(18-19)15(20)17-10-11(2)3/h5-8,11H,4,9-10H2,1-3H3,(H,17,20). The van der Waals surface area contributed by atoms with E-state index in [2.05, 4.69) is 10.4 Å². The zero-order valence-electron chi connectivity index (χ0n) is 12.7. The van der Waals surface area contributed by atoms with E-state index < -0.39 is 0 Å². The number of fused-ring (bicyclic) bond motifs is 1. The minimum atomic E-state index is -0.232. The average molecular weight is 287 g/mol. The van der Waals surface area contributed by atoms with Crippen molar-refractivity contribution < 1.29 is 4.79 Å². The molecule has 0 radical (unpaired) electrons. The van der Waals surface area contributed by atoms with Gasteiger partial charge in [0.05, 0.1) is 5.39 Å². The summed E-state index contributed by atoms with van der Waals surface area (Å²) in [4.78, 5) is 24.7. The van der Waals surface area contributed by atoms with Crippen molar-refractivity contribution >= 4 is 16.7 Å². The normalized spacial score (nSPS) is 11.0. The van der Waals surface area contributed by atoms with Crippen LogP contribution in [0.15, 0.2) is 29.1 Å². The van der Waals surface area contributed by atoms with Gasteiger partial charge < -0.3 is 5.32 Å². The van der Waals surface area contributed by atoms with Crippen LogP contribution in [0.4, 0.5) is 0 Å². The van der Waals surface area contributed by atoms with Crippen LogP contribution in [0, 0.1) is 5.92 Å². The highest BCUT2D eigenvalue weighted by Crippen LogP contribution is 2.13. The number of carbonyl (C=O) groups is 1. The number of benzene rings is 1. The molecule has 0 bridgehead atoms. The number of hydrogen-bond acceptors (Lipinski definition) is 3. The molecule has 2 rings (SSSR count). The molecule has 1 aromatic heterocycles. The summed E-state index contributed by atoms with van der Waals surface area (Å²) in [5.41, 5.74) is 0.173. The summed E-state index contributed by atoms with van der Waals surface area (Å²) in [7, 11) is 0. The molecule has 0 atom stereocenters. The number of amides is 1. The molecule has 0 unspecified atom stereocenters. The van der Waals surface area contributed by atoms with Crippen LogP contribution in [0.5, 0.6) is 0 Å². The van der Waals surface area contributed by atoms with Gasteiger partial charge in [0.25, 0.3) is 11.5 Å². The first-order valence-electron chi connectivity index (χ1n) is 7.32. The predicted molar refractivity (Wildman–Crippen MR) is 83.5 cm³/mol. The Morgan fingerprint density at radius 3 is 2.57 bits per heavy atom. The first-order chi connectivity index (χ1) is 10.0. The van der Waals surface area contributed by atoms with E-state index in [-0.39, 0.29) is 11.5 Å². The van der Waals surface area contributed by atoms with Crippen LogP contribution in [0.1, 0.15) is 37.7 Å². The van der Waals surface area contributed by atoms with E-state index in [0.29, 0.717) is 35.5 Å². The van der Waals surface area contributed by atoms with Crippen molar-refractivity contribution in [2.75, 3.05) is 6.54 Å². The van der Waals surface area contributed by atoms with E-state index in [1.165, 1.54) is 4.68 Å². The summed E-state index contributed by atoms with van der Waals surface area (Å²) in [6.45, 7) is 7.13. The Kier molecular flexibility index (Phi) is 4.73. The molecule has 0 saturated carbocycles. The van der Waals surface area contributed by atoms with Crippen molar-refractivity contribution in [1.29, 1.82) is 0 Å². The van der Waals surface area contributed by atoms with Crippen molar-refractivity contribution in [3.05, 3.63) is 40.3 Å². The second-order valence-corrected chi connectivity index (χ2v) is 5.53. The van der Waals surface area contributed by atoms with Crippen LogP contribution in [-0.4, -0.2) is 22.2 Å². The summed E-state index contributed by atoms with van der Waals surface area (Å²) in [6, 6.07) is 7.12. The lowest BCUT2D eigenvalue weighted by Gasteiger charge is -2.11. The van der Waals surface area contributed by atoms with Crippen LogP contribution in [0.3, 0.4) is 0 Å². The minimum absolute atomic E-state index is 0.146. The Bertz CT molecular complexity index is 704. The number of aromatic nitrogens is 2. The molecule has 0 saturated heterocycles. The van der Waals surface area contributed by atoms with Gasteiger partial charge in [-0.3, -0.25) is 9.59 Å². The van der Waals surface area contributed by atoms with Gasteiger partial charge in [-0.2, -0.15) is 5.10 Å². The van der Waals surface area contributed by atoms with Gasteiger partial charge in [0, 0.05) is 18.5 Å². The van der Waals surface area contributed by atoms with Crippen LogP contribution in [0.25, 0.3) is 10.8 Å². The fourth-order valence-corrected chi connectivity index (χ4v) is 2.15. The van der Waals surface area contributed by atoms with Gasteiger partial charge >= 0.3 is 0 Å². The summed E-state index contributed by atoms with van der Waals surface area (Å²) in [5, 5.41) is 8.27. The molecule has 1 heterocycles. The first-order valence-corrected chi connectivity index (χ1v) is 7.32. The molecule has 0 aliphatic heterocycles. The summed E-state index contributed by atoms with van der Waals surface area (Å²) in [5.74, 6) is 0.131. The molecule has 1 amide bonds. The largest absolute Gasteiger partial charge is 0.350 e. The lowest BCUT2D eigenvalue weighted by molar-refractivity contribution is 0.0943. The number of aryl methyl sites for hydroxylation is 1. The molecule has 2 aromatic rings. The van der Waals surface area contributed by atoms with E-state index in [1.54, 1.807) is 18.2 Å². The van der Waals surface area contributed by atoms with Crippen LogP contribution in [0.2, 0.25) is 0 Å². The first kappa shape index (κ1) is 15.2. The van der Waals surface area contributed by atoms with Gasteiger partial charge in [0.1, 0.15) is 0 Å². The van der Waals surface area contributed by atoms with Crippen LogP contribution < -0.4 is 10.9 Å². The number of nitrogens with one attached hydrogen (secondary N) is 1. The molecule has 0 aliphatic carbocycles. The van der Waals surface area contributed by atoms with Gasteiger partial charge in [0.2, 0.25) is 0 Å². The molecule has 0 spiro atoms. The SMILES string of the molecule is CCCn1nc(C(=O)NCC(C)C)c2ccccc2c1=O. The van der Waals surface area contributed by atoms with E-state index in [9.17, 15) is 9.59 Å². The van der Waals surface area contributed by atoms with Crippen molar-refractivity contribution in [2.45, 2.75) is 33.7 Å². The fraction of sp³-hybridized carbons (Fsp3) is 0.438. The Labute approximate surface area is 124 Å². The topological polar surface area (TPSA) is 64.0 Å². The Hall–Kier alpha value is -2.17. The highest BCUT2D eigenvalue weighted by atomic mass is 16.2. The Morgan fingerprint density at radius 2 is 1.95 bits per heavy atom. The second-order valence-electron chi connectivity index (χ2n) is 5.53. The van der Waals surface area contributed by atoms with Crippen LogP contribution >= 0.6 is 0 Å². The number of carbonyl (C=O) groups excluding carboxylic acids is 1. The highest BCUT2D eigenvalue weighted by Gasteiger charge is 2.16. The highest BCUT2D eigenvalue weighted by molar-refractivity contribution is 6.04. The van der Waals surface area contributed by atoms with Crippen molar-refractivity contribution in [2.24, 2.45) is 5.92 Å². The molecule has 21 heavy (non-hydrogen) atoms. The zero-order chi connectivity index (χ0) is 15.4. The van der Waals surface area contributed by atoms with Crippen molar-refractivity contribution in [3.63, 3.8) is 0 Å². The molecule has 112 valence electrons. The van der Waals surface area contributed by atoms with E-state index in [0.717, 1.165) is 6.42 Å². The third kappa shape index (κ3) is 3.29. The fourth-order valence-electron chi connectivity index (χ4n) is 2.15. The monoisotopic (exact) mass is 287 g/mol. The quantitative estimate of drug-likeness (QED) is 0.917. The Morgan fingerprint density at radius 1 is 1.29 bits per heavy atom. The average Bonchev–Trinajstić information content (AvgIpc) is 2.48. The maximum absolute atomic E-state index is 12.3. The maximum Gasteiger partial charge on any atom is 0.274 e. The zero-order valence-corrected chi connectivity index (χ0v) is 12.7. The maximum atomic E-state index is 12.3. The molecule has 0 fully saturated rings. The van der Waals surface area contributed by atoms with E-state index >= 15 is 0 Å². The van der Waals surface area contributed by atoms with Gasteiger partial charge in [-0.05, 0) is 18.4 Å². The second kappa shape index (κ2) is 6.52. The molecule has 5 nitrogen and oxygen atoms in total. The Balaban J connectivity index is 2.53. The number of rotatable bonds is 5. The number of nitrogens with zero attached hydrogens (tertiary/aromatic N) is 2. The smallest absolute Gasteiger partial charge is 0.274 e. The summed E-state index contributed by atoms with van der Waals surface area (Å²) < 4.78 is 1.38. The molecule has 1 N–H and O–H groups in total. The lowest BCUT2D eigenvalue weighted by atomic mass is 10.1. The van der Waals surface area contributed by atoms with E-state index in [4.69, 9.17) is 0 Å². The van der Waals surface area contributed by atoms with E-state index in [1.807, 2.05) is 26.8 Å². The molecule has 5 heteroatoms. The number of hydrogen-bond donors (Lipinski definition) is 1. The molecular weight excluding hydrogens is 266 g/mol. The lowest BCUT2D eigenvalue weighted by Crippen LogP contribution is -2.32.